The Morgan fingerprint density at radius 3 is 2.57 bits per heavy atom. The number of nitrogens with zero attached hydrogens (tertiary/aromatic N) is 2. The van der Waals surface area contributed by atoms with E-state index in [9.17, 15) is 9.90 Å². The van der Waals surface area contributed by atoms with Gasteiger partial charge >= 0.3 is 12.0 Å². The van der Waals surface area contributed by atoms with E-state index >= 15 is 0 Å². The van der Waals surface area contributed by atoms with Crippen LogP contribution in [0.3, 0.4) is 0 Å². The quantitative estimate of drug-likeness (QED) is 0.322. The van der Waals surface area contributed by atoms with Gasteiger partial charge in [0.15, 0.2) is 0 Å². The molecule has 1 heterocycles. The van der Waals surface area contributed by atoms with Crippen molar-refractivity contribution < 1.29 is 19.7 Å². The summed E-state index contributed by atoms with van der Waals surface area (Å²) in [6.07, 6.45) is 4.03. The minimum Gasteiger partial charge on any atom is -0.481 e. The Morgan fingerprint density at radius 2 is 1.89 bits per heavy atom. The lowest BCUT2D eigenvalue weighted by Crippen LogP contribution is -2.13. The summed E-state index contributed by atoms with van der Waals surface area (Å²) in [7, 11) is 0. The van der Waals surface area contributed by atoms with Gasteiger partial charge in [-0.25, -0.2) is 0 Å². The zero-order valence-electron chi connectivity index (χ0n) is 21.8. The average Bonchev–Trinajstić information content (AvgIpc) is 3.56. The van der Waals surface area contributed by atoms with Gasteiger partial charge in [0.2, 0.25) is 0 Å². The highest BCUT2D eigenvalue weighted by atomic mass is 16.5. The van der Waals surface area contributed by atoms with Crippen LogP contribution in [0.1, 0.15) is 65.2 Å². The van der Waals surface area contributed by atoms with Gasteiger partial charge in [0.1, 0.15) is 0 Å². The second kappa shape index (κ2) is 10.1. The second-order valence-corrected chi connectivity index (χ2v) is 10.5. The Bertz CT molecular complexity index is 1310. The van der Waals surface area contributed by atoms with Gasteiger partial charge in [-0.1, -0.05) is 24.3 Å². The summed E-state index contributed by atoms with van der Waals surface area (Å²) in [4.78, 5) is 20.6. The molecule has 3 aromatic rings. The van der Waals surface area contributed by atoms with Crippen molar-refractivity contribution in [1.29, 1.82) is 0 Å². The second-order valence-electron chi connectivity index (χ2n) is 10.5. The van der Waals surface area contributed by atoms with Crippen LogP contribution in [-0.2, 0) is 17.8 Å². The molecule has 194 valence electrons. The van der Waals surface area contributed by atoms with Crippen LogP contribution in [0.25, 0.3) is 11.1 Å². The monoisotopic (exact) mass is 501 g/mol. The summed E-state index contributed by atoms with van der Waals surface area (Å²) < 4.78 is 5.59. The van der Waals surface area contributed by atoms with Crippen LogP contribution in [0, 0.1) is 26.2 Å². The number of hydrogen-bond donors (Lipinski definition) is 3. The predicted molar refractivity (Wildman–Crippen MR) is 143 cm³/mol. The molecule has 37 heavy (non-hydrogen) atoms. The van der Waals surface area contributed by atoms with Gasteiger partial charge in [-0.3, -0.25) is 4.79 Å². The number of carboxylic acids is 1. The molecule has 1 spiro atoms. The van der Waals surface area contributed by atoms with Crippen LogP contribution in [0.2, 0.25) is 0 Å². The highest BCUT2D eigenvalue weighted by Crippen LogP contribution is 2.64. The molecule has 0 saturated heterocycles. The number of ether oxygens (including phenoxy) is 1. The van der Waals surface area contributed by atoms with Gasteiger partial charge in [-0.15, -0.1) is 0 Å². The van der Waals surface area contributed by atoms with Gasteiger partial charge < -0.3 is 20.3 Å². The Kier molecular flexibility index (Phi) is 6.90. The van der Waals surface area contributed by atoms with Crippen LogP contribution >= 0.6 is 0 Å². The molecule has 0 radical (unpaired) electrons. The van der Waals surface area contributed by atoms with E-state index in [2.05, 4.69) is 58.6 Å². The minimum atomic E-state index is -0.707. The molecule has 1 unspecified atom stereocenters. The van der Waals surface area contributed by atoms with Gasteiger partial charge in [-0.2, -0.15) is 9.97 Å². The van der Waals surface area contributed by atoms with Crippen LogP contribution in [0.15, 0.2) is 36.4 Å². The summed E-state index contributed by atoms with van der Waals surface area (Å²) in [5, 5.41) is 22.0. The van der Waals surface area contributed by atoms with E-state index in [4.69, 9.17) is 9.84 Å². The van der Waals surface area contributed by atoms with E-state index in [1.807, 2.05) is 13.8 Å². The Morgan fingerprint density at radius 1 is 1.14 bits per heavy atom. The standard InChI is InChI=1S/C30H35N3O4/c1-18-21(6-4-7-24(18)28-19(2)32-29(33-20(28)3)37-13-5-12-34)17-31-23-8-9-25-22(14-23)16-30(10-11-30)26(25)15-27(35)36/h4,6-9,14,26,31,34H,5,10-13,15-17H2,1-3H3,(H,35,36). The fourth-order valence-corrected chi connectivity index (χ4v) is 5.94. The minimum absolute atomic E-state index is 0.0769. The van der Waals surface area contributed by atoms with E-state index in [-0.39, 0.29) is 24.4 Å². The summed E-state index contributed by atoms with van der Waals surface area (Å²) in [5.74, 6) is -0.561. The molecule has 1 fully saturated rings. The maximum absolute atomic E-state index is 11.4. The van der Waals surface area contributed by atoms with Gasteiger partial charge in [0.05, 0.1) is 24.4 Å². The lowest BCUT2D eigenvalue weighted by molar-refractivity contribution is -0.137. The molecule has 5 rings (SSSR count). The number of anilines is 1. The molecule has 7 heteroatoms. The fraction of sp³-hybridized carbons (Fsp3) is 0.433. The first-order chi connectivity index (χ1) is 17.8. The van der Waals surface area contributed by atoms with E-state index < -0.39 is 5.97 Å². The molecule has 0 aliphatic heterocycles. The molecule has 1 atom stereocenters. The van der Waals surface area contributed by atoms with Crippen molar-refractivity contribution in [2.75, 3.05) is 18.5 Å². The van der Waals surface area contributed by atoms with Crippen molar-refractivity contribution in [2.24, 2.45) is 5.41 Å². The molecule has 2 aliphatic rings. The largest absolute Gasteiger partial charge is 0.481 e. The third-order valence-electron chi connectivity index (χ3n) is 8.05. The Hall–Kier alpha value is -3.45. The molecular weight excluding hydrogens is 466 g/mol. The molecule has 7 nitrogen and oxygen atoms in total. The normalized spacial score (nSPS) is 17.0. The van der Waals surface area contributed by atoms with Crippen LogP contribution in [0.5, 0.6) is 6.01 Å². The maximum Gasteiger partial charge on any atom is 0.316 e. The molecule has 1 aromatic heterocycles. The fourth-order valence-electron chi connectivity index (χ4n) is 5.94. The molecule has 1 saturated carbocycles. The molecule has 2 aromatic carbocycles. The smallest absolute Gasteiger partial charge is 0.316 e. The van der Waals surface area contributed by atoms with E-state index in [0.717, 1.165) is 47.5 Å². The van der Waals surface area contributed by atoms with Crippen molar-refractivity contribution in [2.45, 2.75) is 65.3 Å². The van der Waals surface area contributed by atoms with Gasteiger partial charge in [-0.05, 0) is 85.4 Å². The van der Waals surface area contributed by atoms with Crippen molar-refractivity contribution in [3.8, 4) is 17.1 Å². The highest BCUT2D eigenvalue weighted by molar-refractivity contribution is 5.73. The summed E-state index contributed by atoms with van der Waals surface area (Å²) >= 11 is 0. The van der Waals surface area contributed by atoms with Crippen molar-refractivity contribution in [3.05, 3.63) is 70.0 Å². The number of nitrogens with one attached hydrogen (secondary N) is 1. The number of carbonyl (C=O) groups is 1. The number of rotatable bonds is 10. The maximum atomic E-state index is 11.4. The molecule has 2 aliphatic carbocycles. The molecule has 3 N–H and O–H groups in total. The van der Waals surface area contributed by atoms with Crippen LogP contribution in [0.4, 0.5) is 5.69 Å². The number of carboxylic acid groups (broad SMARTS) is 1. The number of aromatic nitrogens is 2. The average molecular weight is 502 g/mol. The third kappa shape index (κ3) is 5.05. The van der Waals surface area contributed by atoms with Crippen LogP contribution < -0.4 is 10.1 Å². The summed E-state index contributed by atoms with van der Waals surface area (Å²) in [6.45, 7) is 7.23. The molecular formula is C30H35N3O4. The summed E-state index contributed by atoms with van der Waals surface area (Å²) in [6, 6.07) is 13.1. The van der Waals surface area contributed by atoms with E-state index in [0.29, 0.717) is 25.6 Å². The van der Waals surface area contributed by atoms with E-state index in [1.165, 1.54) is 22.3 Å². The molecule has 0 amide bonds. The number of aliphatic hydroxyl groups excluding tert-OH is 1. The first kappa shape index (κ1) is 25.2. The zero-order valence-corrected chi connectivity index (χ0v) is 21.8. The first-order valence-corrected chi connectivity index (χ1v) is 13.1. The predicted octanol–water partition coefficient (Wildman–Crippen LogP) is 5.34. The van der Waals surface area contributed by atoms with Crippen molar-refractivity contribution in [3.63, 3.8) is 0 Å². The van der Waals surface area contributed by atoms with Crippen LogP contribution in [-0.4, -0.2) is 39.4 Å². The number of aryl methyl sites for hydroxylation is 2. The Labute approximate surface area is 217 Å². The lowest BCUT2D eigenvalue weighted by atomic mass is 9.87. The SMILES string of the molecule is Cc1nc(OCCCO)nc(C)c1-c1cccc(CNc2ccc3c(c2)CC2(CC2)C3CC(=O)O)c1C. The lowest BCUT2D eigenvalue weighted by Gasteiger charge is -2.17. The topological polar surface area (TPSA) is 105 Å². The van der Waals surface area contributed by atoms with Crippen molar-refractivity contribution in [1.82, 2.24) is 9.97 Å². The van der Waals surface area contributed by atoms with Crippen molar-refractivity contribution >= 4 is 11.7 Å². The van der Waals surface area contributed by atoms with E-state index in [1.54, 1.807) is 0 Å². The van der Waals surface area contributed by atoms with Gasteiger partial charge in [0.25, 0.3) is 0 Å². The number of aliphatic hydroxyl groups is 1. The number of aliphatic carboxylic acids is 1. The molecule has 0 bridgehead atoms. The highest BCUT2D eigenvalue weighted by Gasteiger charge is 2.54. The van der Waals surface area contributed by atoms with Gasteiger partial charge in [0, 0.05) is 36.7 Å². The zero-order chi connectivity index (χ0) is 26.2. The third-order valence-corrected chi connectivity index (χ3v) is 8.05. The number of hydrogen-bond acceptors (Lipinski definition) is 6. The number of fused-ring (bicyclic) bond motifs is 1. The number of benzene rings is 2. The Balaban J connectivity index is 1.33. The summed E-state index contributed by atoms with van der Waals surface area (Å²) in [5.41, 5.74) is 9.99. The first-order valence-electron chi connectivity index (χ1n) is 13.1.